The maximum absolute atomic E-state index is 5.46. The molecule has 2 aromatic carbocycles. The molecule has 0 fully saturated rings. The van der Waals surface area contributed by atoms with Crippen molar-refractivity contribution in [3.05, 3.63) is 64.7 Å². The Morgan fingerprint density at radius 1 is 1.00 bits per heavy atom. The van der Waals surface area contributed by atoms with Crippen LogP contribution in [0, 0.1) is 3.95 Å². The van der Waals surface area contributed by atoms with E-state index < -0.39 is 0 Å². The predicted molar refractivity (Wildman–Crippen MR) is 102 cm³/mol. The van der Waals surface area contributed by atoms with Crippen LogP contribution in [0.5, 0.6) is 0 Å². The van der Waals surface area contributed by atoms with E-state index in [2.05, 4.69) is 31.9 Å². The second kappa shape index (κ2) is 6.80. The molecule has 24 heavy (non-hydrogen) atoms. The second-order valence-electron chi connectivity index (χ2n) is 5.03. The van der Waals surface area contributed by atoms with Gasteiger partial charge < -0.3 is 4.57 Å². The van der Waals surface area contributed by atoms with Gasteiger partial charge in [-0.3, -0.25) is 0 Å². The van der Waals surface area contributed by atoms with E-state index in [4.69, 9.17) is 12.2 Å². The molecule has 2 aromatic heterocycles. The average Bonchev–Trinajstić information content (AvgIpc) is 2.96. The van der Waals surface area contributed by atoms with Crippen LogP contribution in [-0.4, -0.2) is 19.7 Å². The van der Waals surface area contributed by atoms with Gasteiger partial charge >= 0.3 is 0 Å². The monoisotopic (exact) mass is 368 g/mol. The number of nitrogens with zero attached hydrogens (tertiary/aromatic N) is 4. The van der Waals surface area contributed by atoms with Crippen molar-refractivity contribution in [2.24, 2.45) is 0 Å². The van der Waals surface area contributed by atoms with Crippen LogP contribution in [0.1, 0.15) is 0 Å². The molecule has 4 nitrogen and oxygen atoms in total. The standard InChI is InChI=1S/C17H12N4S3/c22-17-21(14-8-4-5-9-15(14)24-17)11-23-16-18-10-13(19-20-16)12-6-2-1-3-7-12/h1-10H,11H2. The van der Waals surface area contributed by atoms with Gasteiger partial charge in [-0.15, -0.1) is 21.5 Å². The Morgan fingerprint density at radius 3 is 2.58 bits per heavy atom. The lowest BCUT2D eigenvalue weighted by Crippen LogP contribution is -1.97. The Balaban J connectivity index is 1.54. The predicted octanol–water partition coefficient (Wildman–Crippen LogP) is 5.03. The highest BCUT2D eigenvalue weighted by atomic mass is 32.2. The first kappa shape index (κ1) is 15.4. The molecule has 4 rings (SSSR count). The highest BCUT2D eigenvalue weighted by Gasteiger charge is 2.07. The molecule has 0 spiro atoms. The molecular formula is C17H12N4S3. The Hall–Kier alpha value is -2.09. The van der Waals surface area contributed by atoms with Gasteiger partial charge in [0.2, 0.25) is 5.16 Å². The van der Waals surface area contributed by atoms with Crippen LogP contribution in [0.25, 0.3) is 21.5 Å². The average molecular weight is 369 g/mol. The fraction of sp³-hybridized carbons (Fsp3) is 0.0588. The number of aromatic nitrogens is 4. The van der Waals surface area contributed by atoms with E-state index in [-0.39, 0.29) is 0 Å². The summed E-state index contributed by atoms with van der Waals surface area (Å²) in [5, 5.41) is 9.13. The first-order valence-electron chi connectivity index (χ1n) is 7.27. The van der Waals surface area contributed by atoms with E-state index in [1.54, 1.807) is 17.5 Å². The summed E-state index contributed by atoms with van der Waals surface area (Å²) in [7, 11) is 0. The van der Waals surface area contributed by atoms with E-state index in [1.165, 1.54) is 16.5 Å². The zero-order valence-electron chi connectivity index (χ0n) is 12.5. The SMILES string of the molecule is S=c1sc2ccccc2n1CSc1ncc(-c2ccccc2)nn1. The Labute approximate surface area is 152 Å². The van der Waals surface area contributed by atoms with Crippen molar-refractivity contribution in [3.8, 4) is 11.3 Å². The molecule has 4 aromatic rings. The Kier molecular flexibility index (Phi) is 4.38. The van der Waals surface area contributed by atoms with Crippen LogP contribution in [0.15, 0.2) is 66.0 Å². The number of fused-ring (bicyclic) bond motifs is 1. The number of benzene rings is 2. The van der Waals surface area contributed by atoms with Gasteiger partial charge in [-0.05, 0) is 24.4 Å². The van der Waals surface area contributed by atoms with Crippen molar-refractivity contribution in [1.29, 1.82) is 0 Å². The Morgan fingerprint density at radius 2 is 1.79 bits per heavy atom. The molecule has 118 valence electrons. The minimum absolute atomic E-state index is 0.645. The van der Waals surface area contributed by atoms with E-state index >= 15 is 0 Å². The quantitative estimate of drug-likeness (QED) is 0.373. The zero-order valence-corrected chi connectivity index (χ0v) is 14.9. The van der Waals surface area contributed by atoms with Crippen LogP contribution in [0.4, 0.5) is 0 Å². The molecule has 0 amide bonds. The number of thiazole rings is 1. The van der Waals surface area contributed by atoms with Crippen LogP contribution in [0.3, 0.4) is 0 Å². The van der Waals surface area contributed by atoms with Crippen LogP contribution in [0.2, 0.25) is 0 Å². The third-order valence-electron chi connectivity index (χ3n) is 3.51. The molecule has 0 aliphatic carbocycles. The van der Waals surface area contributed by atoms with Crippen molar-refractivity contribution in [3.63, 3.8) is 0 Å². The summed E-state index contributed by atoms with van der Waals surface area (Å²) in [6, 6.07) is 18.1. The summed E-state index contributed by atoms with van der Waals surface area (Å²) < 4.78 is 4.16. The number of hydrogen-bond acceptors (Lipinski definition) is 6. The van der Waals surface area contributed by atoms with E-state index in [0.717, 1.165) is 20.7 Å². The summed E-state index contributed by atoms with van der Waals surface area (Å²) >= 11 is 8.62. The molecular weight excluding hydrogens is 356 g/mol. The van der Waals surface area contributed by atoms with Crippen molar-refractivity contribution < 1.29 is 0 Å². The molecule has 0 aliphatic rings. The van der Waals surface area contributed by atoms with E-state index in [9.17, 15) is 0 Å². The number of rotatable bonds is 4. The zero-order chi connectivity index (χ0) is 16.4. The van der Waals surface area contributed by atoms with E-state index in [0.29, 0.717) is 11.0 Å². The summed E-state index contributed by atoms with van der Waals surface area (Å²) in [5.74, 6) is 0.676. The molecule has 0 atom stereocenters. The molecule has 7 heteroatoms. The molecule has 2 heterocycles. The van der Waals surface area contributed by atoms with Gasteiger partial charge in [-0.2, -0.15) is 0 Å². The minimum Gasteiger partial charge on any atom is -0.313 e. The lowest BCUT2D eigenvalue weighted by Gasteiger charge is -2.04. The first-order valence-corrected chi connectivity index (χ1v) is 9.48. The second-order valence-corrected chi connectivity index (χ2v) is 7.62. The fourth-order valence-corrected chi connectivity index (χ4v) is 4.56. The highest BCUT2D eigenvalue weighted by molar-refractivity contribution is 7.98. The first-order chi connectivity index (χ1) is 11.8. The molecule has 0 unspecified atom stereocenters. The summed E-state index contributed by atoms with van der Waals surface area (Å²) in [5.41, 5.74) is 2.94. The fourth-order valence-electron chi connectivity index (χ4n) is 2.33. The maximum Gasteiger partial charge on any atom is 0.210 e. The third kappa shape index (κ3) is 3.10. The molecule has 0 bridgehead atoms. The molecule has 0 saturated carbocycles. The highest BCUT2D eigenvalue weighted by Crippen LogP contribution is 2.26. The maximum atomic E-state index is 5.46. The number of hydrogen-bond donors (Lipinski definition) is 0. The summed E-state index contributed by atoms with van der Waals surface area (Å²) in [6.07, 6.45) is 1.76. The smallest absolute Gasteiger partial charge is 0.210 e. The van der Waals surface area contributed by atoms with Gasteiger partial charge in [0.15, 0.2) is 3.95 Å². The van der Waals surface area contributed by atoms with Crippen molar-refractivity contribution in [1.82, 2.24) is 19.7 Å². The lowest BCUT2D eigenvalue weighted by molar-refractivity contribution is 0.834. The largest absolute Gasteiger partial charge is 0.313 e. The van der Waals surface area contributed by atoms with Crippen LogP contribution in [-0.2, 0) is 5.88 Å². The van der Waals surface area contributed by atoms with Gasteiger partial charge in [-0.25, -0.2) is 4.98 Å². The van der Waals surface area contributed by atoms with Gasteiger partial charge in [0.05, 0.1) is 22.3 Å². The summed E-state index contributed by atoms with van der Waals surface area (Å²) in [6.45, 7) is 0. The molecule has 0 N–H and O–H groups in total. The summed E-state index contributed by atoms with van der Waals surface area (Å²) in [4.78, 5) is 4.41. The van der Waals surface area contributed by atoms with Gasteiger partial charge in [-0.1, -0.05) is 54.2 Å². The van der Waals surface area contributed by atoms with Gasteiger partial charge in [0, 0.05) is 5.56 Å². The van der Waals surface area contributed by atoms with Gasteiger partial charge in [0.1, 0.15) is 5.69 Å². The molecule has 0 radical (unpaired) electrons. The topological polar surface area (TPSA) is 43.6 Å². The normalized spacial score (nSPS) is 11.0. The number of para-hydroxylation sites is 1. The van der Waals surface area contributed by atoms with Crippen LogP contribution < -0.4 is 0 Å². The lowest BCUT2D eigenvalue weighted by atomic mass is 10.2. The van der Waals surface area contributed by atoms with Crippen LogP contribution >= 0.6 is 35.3 Å². The van der Waals surface area contributed by atoms with Crippen molar-refractivity contribution in [2.45, 2.75) is 11.0 Å². The molecule has 0 saturated heterocycles. The van der Waals surface area contributed by atoms with Gasteiger partial charge in [0.25, 0.3) is 0 Å². The third-order valence-corrected chi connectivity index (χ3v) is 5.77. The Bertz CT molecular complexity index is 1020. The minimum atomic E-state index is 0.645. The number of thioether (sulfide) groups is 1. The van der Waals surface area contributed by atoms with Crippen molar-refractivity contribution >= 4 is 45.5 Å². The van der Waals surface area contributed by atoms with Crippen molar-refractivity contribution in [2.75, 3.05) is 0 Å². The molecule has 0 aliphatic heterocycles. The van der Waals surface area contributed by atoms with E-state index in [1.807, 2.05) is 42.5 Å².